The highest BCUT2D eigenvalue weighted by molar-refractivity contribution is 5.88. The molecule has 0 fully saturated rings. The normalized spacial score (nSPS) is 10.4. The summed E-state index contributed by atoms with van der Waals surface area (Å²) in [5, 5.41) is 35.7. The maximum absolute atomic E-state index is 10.5. The summed E-state index contributed by atoms with van der Waals surface area (Å²) in [5.74, 6) is -1.89. The molecule has 2 aromatic rings. The summed E-state index contributed by atoms with van der Waals surface area (Å²) in [4.78, 5) is 21.0. The van der Waals surface area contributed by atoms with E-state index in [9.17, 15) is 9.59 Å². The molecular formula is C18H22N6O4. The van der Waals surface area contributed by atoms with Gasteiger partial charge in [-0.1, -0.05) is 10.4 Å². The second-order valence-electron chi connectivity index (χ2n) is 5.78. The second kappa shape index (κ2) is 11.0. The molecule has 0 aliphatic carbocycles. The first-order valence-electron chi connectivity index (χ1n) is 8.03. The van der Waals surface area contributed by atoms with Gasteiger partial charge >= 0.3 is 11.9 Å². The van der Waals surface area contributed by atoms with Crippen LogP contribution in [0.15, 0.2) is 69.2 Å². The quantitative estimate of drug-likeness (QED) is 0.572. The Kier molecular flexibility index (Phi) is 8.74. The van der Waals surface area contributed by atoms with E-state index < -0.39 is 11.9 Å². The van der Waals surface area contributed by atoms with Gasteiger partial charge in [0, 0.05) is 28.2 Å². The molecule has 0 saturated carbocycles. The highest BCUT2D eigenvalue weighted by atomic mass is 16.4. The number of rotatable bonds is 6. The van der Waals surface area contributed by atoms with E-state index in [1.807, 2.05) is 0 Å². The van der Waals surface area contributed by atoms with Crippen LogP contribution in [0.4, 0.5) is 11.4 Å². The molecule has 0 spiro atoms. The number of carbonyl (C=O) groups is 2. The fourth-order valence-corrected chi connectivity index (χ4v) is 1.62. The summed E-state index contributed by atoms with van der Waals surface area (Å²) in [5.41, 5.74) is 1.75. The summed E-state index contributed by atoms with van der Waals surface area (Å²) in [6, 6.07) is 12.4. The third-order valence-electron chi connectivity index (χ3n) is 2.91. The lowest BCUT2D eigenvalue weighted by Crippen LogP contribution is -1.99. The molecule has 0 aliphatic rings. The third-order valence-corrected chi connectivity index (χ3v) is 2.91. The Labute approximate surface area is 162 Å². The van der Waals surface area contributed by atoms with Crippen LogP contribution < -0.4 is 0 Å². The van der Waals surface area contributed by atoms with Crippen molar-refractivity contribution in [2.24, 2.45) is 20.7 Å². The van der Waals surface area contributed by atoms with Crippen molar-refractivity contribution in [3.8, 4) is 0 Å². The Morgan fingerprint density at radius 3 is 1.14 bits per heavy atom. The smallest absolute Gasteiger partial charge is 0.335 e. The molecule has 0 aliphatic heterocycles. The van der Waals surface area contributed by atoms with Gasteiger partial charge in [0.2, 0.25) is 0 Å². The minimum atomic E-state index is -0.943. The van der Waals surface area contributed by atoms with Gasteiger partial charge in [0.15, 0.2) is 0 Å². The van der Waals surface area contributed by atoms with Crippen molar-refractivity contribution in [1.82, 2.24) is 10.0 Å². The highest BCUT2D eigenvalue weighted by Crippen LogP contribution is 2.14. The summed E-state index contributed by atoms with van der Waals surface area (Å²) >= 11 is 0. The van der Waals surface area contributed by atoms with Crippen LogP contribution in [-0.4, -0.2) is 60.4 Å². The first-order chi connectivity index (χ1) is 13.2. The van der Waals surface area contributed by atoms with Gasteiger partial charge in [-0.2, -0.15) is 0 Å². The lowest BCUT2D eigenvalue weighted by Gasteiger charge is -2.00. The van der Waals surface area contributed by atoms with Gasteiger partial charge in [-0.25, -0.2) is 9.59 Å². The van der Waals surface area contributed by atoms with Crippen LogP contribution in [0.25, 0.3) is 0 Å². The van der Waals surface area contributed by atoms with Crippen molar-refractivity contribution >= 4 is 23.3 Å². The molecule has 148 valence electrons. The van der Waals surface area contributed by atoms with Crippen LogP contribution in [0.3, 0.4) is 0 Å². The lowest BCUT2D eigenvalue weighted by molar-refractivity contribution is 0.0686. The van der Waals surface area contributed by atoms with Crippen molar-refractivity contribution in [2.75, 3.05) is 28.2 Å². The minimum absolute atomic E-state index is 0.244. The summed E-state index contributed by atoms with van der Waals surface area (Å²) < 4.78 is 0. The number of benzene rings is 2. The van der Waals surface area contributed by atoms with Gasteiger partial charge < -0.3 is 10.2 Å². The van der Waals surface area contributed by atoms with Crippen molar-refractivity contribution in [1.29, 1.82) is 0 Å². The maximum Gasteiger partial charge on any atom is 0.335 e. The van der Waals surface area contributed by atoms with Gasteiger partial charge in [-0.05, 0) is 48.5 Å². The Balaban J connectivity index is 0.000000280. The SMILES string of the molecule is CN(C)N=Nc1ccc(C(=O)O)cc1.CN(C)N=Nc1ccc(C(=O)O)cc1. The first-order valence-corrected chi connectivity index (χ1v) is 8.03. The topological polar surface area (TPSA) is 131 Å². The maximum atomic E-state index is 10.5. The highest BCUT2D eigenvalue weighted by Gasteiger charge is 2.01. The van der Waals surface area contributed by atoms with E-state index in [1.54, 1.807) is 62.5 Å². The molecule has 0 aromatic heterocycles. The van der Waals surface area contributed by atoms with Gasteiger partial charge in [0.1, 0.15) is 0 Å². The molecule has 28 heavy (non-hydrogen) atoms. The van der Waals surface area contributed by atoms with Crippen molar-refractivity contribution in [3.63, 3.8) is 0 Å². The largest absolute Gasteiger partial charge is 0.478 e. The fraction of sp³-hybridized carbons (Fsp3) is 0.222. The number of carboxylic acid groups (broad SMARTS) is 2. The van der Waals surface area contributed by atoms with E-state index >= 15 is 0 Å². The number of aromatic carboxylic acids is 2. The molecule has 10 nitrogen and oxygen atoms in total. The van der Waals surface area contributed by atoms with Gasteiger partial charge in [-0.3, -0.25) is 10.0 Å². The molecule has 0 heterocycles. The van der Waals surface area contributed by atoms with Crippen molar-refractivity contribution in [3.05, 3.63) is 59.7 Å². The molecule has 2 rings (SSSR count). The van der Waals surface area contributed by atoms with E-state index in [0.717, 1.165) is 0 Å². The van der Waals surface area contributed by atoms with Crippen LogP contribution in [0.5, 0.6) is 0 Å². The minimum Gasteiger partial charge on any atom is -0.478 e. The molecule has 0 radical (unpaired) electrons. The standard InChI is InChI=1S/2C9H11N3O2/c2*1-12(2)11-10-8-5-3-7(4-6-8)9(13)14/h2*3-6H,1-2H3,(H,13,14). The molecule has 10 heteroatoms. The summed E-state index contributed by atoms with van der Waals surface area (Å²) in [6.07, 6.45) is 0. The van der Waals surface area contributed by atoms with Gasteiger partial charge in [0.05, 0.1) is 22.5 Å². The average molecular weight is 386 g/mol. The zero-order valence-electron chi connectivity index (χ0n) is 16.0. The third kappa shape index (κ3) is 8.52. The Hall–Kier alpha value is -3.82. The van der Waals surface area contributed by atoms with E-state index in [1.165, 1.54) is 24.3 Å². The number of nitrogens with zero attached hydrogens (tertiary/aromatic N) is 6. The Morgan fingerprint density at radius 1 is 0.643 bits per heavy atom. The van der Waals surface area contributed by atoms with Crippen LogP contribution in [0, 0.1) is 0 Å². The molecule has 0 bridgehead atoms. The van der Waals surface area contributed by atoms with Gasteiger partial charge in [0.25, 0.3) is 0 Å². The summed E-state index contributed by atoms with van der Waals surface area (Å²) in [6.45, 7) is 0. The van der Waals surface area contributed by atoms with E-state index in [2.05, 4.69) is 20.7 Å². The monoisotopic (exact) mass is 386 g/mol. The second-order valence-corrected chi connectivity index (χ2v) is 5.78. The summed E-state index contributed by atoms with van der Waals surface area (Å²) in [7, 11) is 7.04. The van der Waals surface area contributed by atoms with E-state index in [0.29, 0.717) is 11.4 Å². The van der Waals surface area contributed by atoms with Gasteiger partial charge in [-0.15, -0.1) is 10.2 Å². The van der Waals surface area contributed by atoms with Crippen LogP contribution in [0.2, 0.25) is 0 Å². The Morgan fingerprint density at radius 2 is 0.929 bits per heavy atom. The predicted octanol–water partition coefficient (Wildman–Crippen LogP) is 3.89. The molecular weight excluding hydrogens is 364 g/mol. The molecule has 0 amide bonds. The van der Waals surface area contributed by atoms with E-state index in [4.69, 9.17) is 10.2 Å². The molecule has 2 aromatic carbocycles. The molecule has 2 N–H and O–H groups in total. The van der Waals surface area contributed by atoms with Crippen LogP contribution in [-0.2, 0) is 0 Å². The molecule has 0 atom stereocenters. The fourth-order valence-electron chi connectivity index (χ4n) is 1.62. The Bertz CT molecular complexity index is 759. The van der Waals surface area contributed by atoms with Crippen molar-refractivity contribution < 1.29 is 19.8 Å². The van der Waals surface area contributed by atoms with E-state index in [-0.39, 0.29) is 11.1 Å². The molecule has 0 unspecified atom stereocenters. The lowest BCUT2D eigenvalue weighted by atomic mass is 10.2. The molecule has 0 saturated heterocycles. The zero-order valence-corrected chi connectivity index (χ0v) is 16.0. The average Bonchev–Trinajstić information content (AvgIpc) is 2.65. The number of hydrogen-bond donors (Lipinski definition) is 2. The van der Waals surface area contributed by atoms with Crippen LogP contribution >= 0.6 is 0 Å². The number of carboxylic acids is 2. The zero-order chi connectivity index (χ0) is 21.1. The van der Waals surface area contributed by atoms with Crippen molar-refractivity contribution in [2.45, 2.75) is 0 Å². The predicted molar refractivity (Wildman–Crippen MR) is 103 cm³/mol. The first kappa shape index (κ1) is 22.2. The van der Waals surface area contributed by atoms with Crippen LogP contribution in [0.1, 0.15) is 20.7 Å². The number of hydrogen-bond acceptors (Lipinski definition) is 6.